The predicted molar refractivity (Wildman–Crippen MR) is 110 cm³/mol. The van der Waals surface area contributed by atoms with Gasteiger partial charge in [0.25, 0.3) is 11.8 Å². The number of thiophene rings is 1. The molecule has 3 amide bonds. The monoisotopic (exact) mass is 417 g/mol. The van der Waals surface area contributed by atoms with Gasteiger partial charge >= 0.3 is 5.97 Å². The molecule has 0 fully saturated rings. The van der Waals surface area contributed by atoms with Gasteiger partial charge in [-0.3, -0.25) is 19.2 Å². The molecular weight excluding hydrogens is 394 g/mol. The Kier molecular flexibility index (Phi) is 7.90. The summed E-state index contributed by atoms with van der Waals surface area (Å²) in [5, 5.41) is 9.28. The van der Waals surface area contributed by atoms with Crippen LogP contribution in [0, 0.1) is 13.8 Å². The van der Waals surface area contributed by atoms with Crippen LogP contribution in [0.15, 0.2) is 35.7 Å². The fourth-order valence-corrected chi connectivity index (χ4v) is 3.06. The number of aryl methyl sites for hydroxylation is 2. The van der Waals surface area contributed by atoms with E-state index < -0.39 is 30.4 Å². The van der Waals surface area contributed by atoms with Crippen molar-refractivity contribution in [1.82, 2.24) is 10.6 Å². The van der Waals surface area contributed by atoms with Gasteiger partial charge in [-0.25, -0.2) is 0 Å². The van der Waals surface area contributed by atoms with Crippen molar-refractivity contribution in [2.24, 2.45) is 0 Å². The average molecular weight is 417 g/mol. The molecule has 8 nitrogen and oxygen atoms in total. The molecule has 2 rings (SSSR count). The minimum Gasteiger partial charge on any atom is -0.451 e. The molecule has 1 heterocycles. The fraction of sp³-hybridized carbons (Fsp3) is 0.300. The molecule has 0 saturated heterocycles. The topological polar surface area (TPSA) is 114 Å². The third-order valence-electron chi connectivity index (χ3n) is 3.99. The Balaban J connectivity index is 1.73. The zero-order valence-electron chi connectivity index (χ0n) is 16.4. The van der Waals surface area contributed by atoms with E-state index in [1.165, 1.54) is 18.3 Å². The van der Waals surface area contributed by atoms with Crippen LogP contribution in [-0.2, 0) is 19.1 Å². The Morgan fingerprint density at radius 3 is 2.31 bits per heavy atom. The number of esters is 1. The van der Waals surface area contributed by atoms with Crippen molar-refractivity contribution in [3.63, 3.8) is 0 Å². The van der Waals surface area contributed by atoms with Crippen LogP contribution in [-0.4, -0.2) is 42.9 Å². The van der Waals surface area contributed by atoms with Crippen LogP contribution in [0.2, 0.25) is 0 Å². The summed E-state index contributed by atoms with van der Waals surface area (Å²) < 4.78 is 5.05. The largest absolute Gasteiger partial charge is 0.451 e. The standard InChI is InChI=1S/C20H23N3O5S/c1-12-6-4-7-13(2)18(12)23-19(26)14(3)28-17(25)11-21-16(24)10-22-20(27)15-8-5-9-29-15/h4-9,14H,10-11H2,1-3H3,(H,21,24)(H,22,27)(H,23,26)/t14-/m0/s1. The van der Waals surface area contributed by atoms with E-state index in [9.17, 15) is 19.2 Å². The Morgan fingerprint density at radius 2 is 1.69 bits per heavy atom. The van der Waals surface area contributed by atoms with Crippen molar-refractivity contribution in [3.8, 4) is 0 Å². The SMILES string of the molecule is Cc1cccc(C)c1NC(=O)[C@H](C)OC(=O)CNC(=O)CNC(=O)c1cccs1. The zero-order chi connectivity index (χ0) is 21.4. The van der Waals surface area contributed by atoms with E-state index >= 15 is 0 Å². The lowest BCUT2D eigenvalue weighted by molar-refractivity contribution is -0.152. The maximum atomic E-state index is 12.3. The highest BCUT2D eigenvalue weighted by Crippen LogP contribution is 2.19. The summed E-state index contributed by atoms with van der Waals surface area (Å²) in [6.07, 6.45) is -1.03. The van der Waals surface area contributed by atoms with Crippen LogP contribution < -0.4 is 16.0 Å². The highest BCUT2D eigenvalue weighted by Gasteiger charge is 2.19. The van der Waals surface area contributed by atoms with Crippen molar-refractivity contribution >= 4 is 40.7 Å². The zero-order valence-corrected chi connectivity index (χ0v) is 17.2. The number of ether oxygens (including phenoxy) is 1. The van der Waals surface area contributed by atoms with Gasteiger partial charge in [0.05, 0.1) is 11.4 Å². The number of rotatable bonds is 8. The number of anilines is 1. The molecule has 0 aliphatic rings. The van der Waals surface area contributed by atoms with Gasteiger partial charge in [0.15, 0.2) is 6.10 Å². The Morgan fingerprint density at radius 1 is 1.00 bits per heavy atom. The first kappa shape index (κ1) is 22.1. The second kappa shape index (κ2) is 10.4. The van der Waals surface area contributed by atoms with Gasteiger partial charge in [-0.1, -0.05) is 24.3 Å². The first-order chi connectivity index (χ1) is 13.8. The molecule has 0 unspecified atom stereocenters. The summed E-state index contributed by atoms with van der Waals surface area (Å²) in [6, 6.07) is 8.99. The predicted octanol–water partition coefficient (Wildman–Crippen LogP) is 1.78. The van der Waals surface area contributed by atoms with Crippen LogP contribution >= 0.6 is 11.3 Å². The van der Waals surface area contributed by atoms with Crippen molar-refractivity contribution < 1.29 is 23.9 Å². The van der Waals surface area contributed by atoms with Crippen molar-refractivity contribution in [2.75, 3.05) is 18.4 Å². The second-order valence-electron chi connectivity index (χ2n) is 6.32. The number of hydrogen-bond donors (Lipinski definition) is 3. The molecule has 0 radical (unpaired) electrons. The molecule has 0 aliphatic carbocycles. The van der Waals surface area contributed by atoms with Gasteiger partial charge < -0.3 is 20.7 Å². The van der Waals surface area contributed by atoms with Gasteiger partial charge in [0.1, 0.15) is 6.54 Å². The van der Waals surface area contributed by atoms with Crippen LogP contribution in [0.5, 0.6) is 0 Å². The highest BCUT2D eigenvalue weighted by atomic mass is 32.1. The third kappa shape index (κ3) is 6.72. The number of carbonyl (C=O) groups excluding carboxylic acids is 4. The van der Waals surface area contributed by atoms with Gasteiger partial charge in [0.2, 0.25) is 5.91 Å². The van der Waals surface area contributed by atoms with Gasteiger partial charge in [-0.15, -0.1) is 11.3 Å². The summed E-state index contributed by atoms with van der Waals surface area (Å²) >= 11 is 1.26. The van der Waals surface area contributed by atoms with Crippen molar-refractivity contribution in [2.45, 2.75) is 26.9 Å². The first-order valence-electron chi connectivity index (χ1n) is 8.93. The van der Waals surface area contributed by atoms with E-state index in [1.54, 1.807) is 17.5 Å². The Hall–Kier alpha value is -3.20. The molecule has 1 aromatic carbocycles. The molecule has 9 heteroatoms. The van der Waals surface area contributed by atoms with Crippen LogP contribution in [0.3, 0.4) is 0 Å². The minimum absolute atomic E-state index is 0.271. The minimum atomic E-state index is -1.03. The lowest BCUT2D eigenvalue weighted by Crippen LogP contribution is -2.40. The second-order valence-corrected chi connectivity index (χ2v) is 7.27. The number of benzene rings is 1. The van der Waals surface area contributed by atoms with E-state index in [2.05, 4.69) is 16.0 Å². The molecule has 154 valence electrons. The summed E-state index contributed by atoms with van der Waals surface area (Å²) in [5.74, 6) is -2.13. The molecular formula is C20H23N3O5S. The lowest BCUT2D eigenvalue weighted by atomic mass is 10.1. The molecule has 2 aromatic rings. The number of nitrogens with one attached hydrogen (secondary N) is 3. The fourth-order valence-electron chi connectivity index (χ4n) is 2.42. The molecule has 1 aromatic heterocycles. The molecule has 0 saturated carbocycles. The summed E-state index contributed by atoms with van der Waals surface area (Å²) in [6.45, 7) is 4.50. The molecule has 29 heavy (non-hydrogen) atoms. The van der Waals surface area contributed by atoms with Gasteiger partial charge in [-0.2, -0.15) is 0 Å². The molecule has 0 spiro atoms. The Labute approximate surface area is 172 Å². The number of para-hydroxylation sites is 1. The maximum absolute atomic E-state index is 12.3. The van der Waals surface area contributed by atoms with E-state index in [0.29, 0.717) is 10.6 Å². The number of amides is 3. The molecule has 0 bridgehead atoms. The van der Waals surface area contributed by atoms with Gasteiger partial charge in [-0.05, 0) is 43.3 Å². The van der Waals surface area contributed by atoms with Gasteiger partial charge in [0, 0.05) is 5.69 Å². The van der Waals surface area contributed by atoms with Crippen LogP contribution in [0.25, 0.3) is 0 Å². The van der Waals surface area contributed by atoms with E-state index in [-0.39, 0.29) is 12.5 Å². The molecule has 0 aliphatic heterocycles. The normalized spacial score (nSPS) is 11.3. The van der Waals surface area contributed by atoms with Crippen LogP contribution in [0.4, 0.5) is 5.69 Å². The smallest absolute Gasteiger partial charge is 0.326 e. The first-order valence-corrected chi connectivity index (χ1v) is 9.81. The maximum Gasteiger partial charge on any atom is 0.326 e. The number of carbonyl (C=O) groups is 4. The Bertz CT molecular complexity index is 875. The van der Waals surface area contributed by atoms with E-state index in [0.717, 1.165) is 11.1 Å². The quantitative estimate of drug-likeness (QED) is 0.567. The van der Waals surface area contributed by atoms with Crippen molar-refractivity contribution in [3.05, 3.63) is 51.7 Å². The summed E-state index contributed by atoms with van der Waals surface area (Å²) in [7, 11) is 0. The summed E-state index contributed by atoms with van der Waals surface area (Å²) in [4.78, 5) is 48.1. The summed E-state index contributed by atoms with van der Waals surface area (Å²) in [5.41, 5.74) is 2.47. The molecule has 1 atom stereocenters. The van der Waals surface area contributed by atoms with Crippen LogP contribution in [0.1, 0.15) is 27.7 Å². The number of hydrogen-bond acceptors (Lipinski definition) is 6. The van der Waals surface area contributed by atoms with E-state index in [4.69, 9.17) is 4.74 Å². The van der Waals surface area contributed by atoms with Crippen molar-refractivity contribution in [1.29, 1.82) is 0 Å². The van der Waals surface area contributed by atoms with E-state index in [1.807, 2.05) is 32.0 Å². The molecule has 3 N–H and O–H groups in total. The lowest BCUT2D eigenvalue weighted by Gasteiger charge is -2.16. The average Bonchev–Trinajstić information content (AvgIpc) is 3.22. The third-order valence-corrected chi connectivity index (χ3v) is 4.86. The highest BCUT2D eigenvalue weighted by molar-refractivity contribution is 7.12.